The quantitative estimate of drug-likeness (QED) is 0.650. The molecule has 1 aromatic carbocycles. The summed E-state index contributed by atoms with van der Waals surface area (Å²) in [6.07, 6.45) is 0. The summed E-state index contributed by atoms with van der Waals surface area (Å²) in [5.74, 6) is 1.54. The van der Waals surface area contributed by atoms with Crippen molar-refractivity contribution in [2.75, 3.05) is 39.9 Å². The second-order valence-electron chi connectivity index (χ2n) is 4.75. The SMILES string of the molecule is CCOc1cc(CNCCN(CC)CC)cc(Br)c1OC. The van der Waals surface area contributed by atoms with E-state index in [4.69, 9.17) is 9.47 Å². The third kappa shape index (κ3) is 5.85. The fourth-order valence-corrected chi connectivity index (χ4v) is 2.85. The van der Waals surface area contributed by atoms with E-state index < -0.39 is 0 Å². The zero-order valence-corrected chi connectivity index (χ0v) is 15.1. The minimum Gasteiger partial charge on any atom is -0.492 e. The van der Waals surface area contributed by atoms with Gasteiger partial charge >= 0.3 is 0 Å². The molecule has 0 saturated carbocycles. The Morgan fingerprint density at radius 1 is 1.19 bits per heavy atom. The number of ether oxygens (including phenoxy) is 2. The van der Waals surface area contributed by atoms with Crippen molar-refractivity contribution in [2.24, 2.45) is 0 Å². The molecule has 4 nitrogen and oxygen atoms in total. The van der Waals surface area contributed by atoms with E-state index in [0.717, 1.165) is 48.7 Å². The van der Waals surface area contributed by atoms with Gasteiger partial charge in [-0.05, 0) is 53.6 Å². The molecule has 0 heterocycles. The molecule has 0 atom stereocenters. The molecule has 0 aliphatic rings. The molecule has 0 aromatic heterocycles. The van der Waals surface area contributed by atoms with Crippen molar-refractivity contribution in [3.05, 3.63) is 22.2 Å². The van der Waals surface area contributed by atoms with Gasteiger partial charge in [-0.15, -0.1) is 0 Å². The highest BCUT2D eigenvalue weighted by molar-refractivity contribution is 9.10. The van der Waals surface area contributed by atoms with Crippen LogP contribution in [0.4, 0.5) is 0 Å². The van der Waals surface area contributed by atoms with Crippen LogP contribution >= 0.6 is 15.9 Å². The van der Waals surface area contributed by atoms with Crippen LogP contribution in [0.1, 0.15) is 26.3 Å². The average Bonchev–Trinajstić information content (AvgIpc) is 2.47. The second kappa shape index (κ2) is 10.0. The van der Waals surface area contributed by atoms with Crippen LogP contribution in [0.5, 0.6) is 11.5 Å². The molecule has 1 N–H and O–H groups in total. The molecule has 0 saturated heterocycles. The Hall–Kier alpha value is -0.780. The average molecular weight is 359 g/mol. The number of likely N-dealkylation sites (N-methyl/N-ethyl adjacent to an activating group) is 1. The minimum atomic E-state index is 0.627. The van der Waals surface area contributed by atoms with E-state index in [1.54, 1.807) is 7.11 Å². The maximum atomic E-state index is 5.64. The Bertz CT molecular complexity index is 423. The third-order valence-corrected chi connectivity index (χ3v) is 3.99. The first-order valence-electron chi connectivity index (χ1n) is 7.58. The second-order valence-corrected chi connectivity index (χ2v) is 5.60. The van der Waals surface area contributed by atoms with Gasteiger partial charge in [-0.25, -0.2) is 0 Å². The number of hydrogen-bond acceptors (Lipinski definition) is 4. The molecule has 21 heavy (non-hydrogen) atoms. The summed E-state index contributed by atoms with van der Waals surface area (Å²) in [6.45, 7) is 12.1. The Labute approximate surface area is 136 Å². The van der Waals surface area contributed by atoms with Gasteiger partial charge in [0.05, 0.1) is 18.2 Å². The molecule has 0 radical (unpaired) electrons. The van der Waals surface area contributed by atoms with Crippen LogP contribution in [-0.2, 0) is 6.54 Å². The molecule has 1 aromatic rings. The first kappa shape index (κ1) is 18.3. The van der Waals surface area contributed by atoms with Crippen LogP contribution in [0, 0.1) is 0 Å². The van der Waals surface area contributed by atoms with Crippen molar-refractivity contribution in [3.63, 3.8) is 0 Å². The van der Waals surface area contributed by atoms with Crippen molar-refractivity contribution in [2.45, 2.75) is 27.3 Å². The Morgan fingerprint density at radius 3 is 2.48 bits per heavy atom. The number of nitrogens with zero attached hydrogens (tertiary/aromatic N) is 1. The summed E-state index contributed by atoms with van der Waals surface area (Å²) in [7, 11) is 1.66. The van der Waals surface area contributed by atoms with E-state index in [1.165, 1.54) is 5.56 Å². The Kier molecular flexibility index (Phi) is 8.73. The molecule has 0 aliphatic heterocycles. The smallest absolute Gasteiger partial charge is 0.174 e. The van der Waals surface area contributed by atoms with Crippen molar-refractivity contribution >= 4 is 15.9 Å². The minimum absolute atomic E-state index is 0.627. The van der Waals surface area contributed by atoms with E-state index in [9.17, 15) is 0 Å². The van der Waals surface area contributed by atoms with Gasteiger partial charge in [0.2, 0.25) is 0 Å². The molecule has 1 rings (SSSR count). The largest absolute Gasteiger partial charge is 0.492 e. The normalized spacial score (nSPS) is 11.0. The molecular formula is C16H27BrN2O2. The van der Waals surface area contributed by atoms with E-state index in [0.29, 0.717) is 6.61 Å². The highest BCUT2D eigenvalue weighted by Crippen LogP contribution is 2.36. The van der Waals surface area contributed by atoms with Crippen LogP contribution in [0.25, 0.3) is 0 Å². The topological polar surface area (TPSA) is 33.7 Å². The number of methoxy groups -OCH3 is 1. The van der Waals surface area contributed by atoms with Crippen LogP contribution in [0.2, 0.25) is 0 Å². The summed E-state index contributed by atoms with van der Waals surface area (Å²) in [5.41, 5.74) is 1.19. The van der Waals surface area contributed by atoms with Crippen molar-refractivity contribution in [3.8, 4) is 11.5 Å². The lowest BCUT2D eigenvalue weighted by molar-refractivity contribution is 0.301. The molecule has 0 unspecified atom stereocenters. The molecule has 0 fully saturated rings. The molecule has 0 aliphatic carbocycles. The van der Waals surface area contributed by atoms with Crippen molar-refractivity contribution in [1.82, 2.24) is 10.2 Å². The molecule has 0 amide bonds. The predicted molar refractivity (Wildman–Crippen MR) is 91.4 cm³/mol. The molecular weight excluding hydrogens is 332 g/mol. The summed E-state index contributed by atoms with van der Waals surface area (Å²) < 4.78 is 11.9. The Morgan fingerprint density at radius 2 is 1.90 bits per heavy atom. The van der Waals surface area contributed by atoms with Crippen molar-refractivity contribution in [1.29, 1.82) is 0 Å². The first-order chi connectivity index (χ1) is 10.2. The fraction of sp³-hybridized carbons (Fsp3) is 0.625. The molecule has 5 heteroatoms. The van der Waals surface area contributed by atoms with Crippen LogP contribution < -0.4 is 14.8 Å². The monoisotopic (exact) mass is 358 g/mol. The highest BCUT2D eigenvalue weighted by Gasteiger charge is 2.11. The lowest BCUT2D eigenvalue weighted by Crippen LogP contribution is -2.31. The Balaban J connectivity index is 2.59. The number of hydrogen-bond donors (Lipinski definition) is 1. The number of rotatable bonds is 10. The summed E-state index contributed by atoms with van der Waals surface area (Å²) in [5, 5.41) is 3.48. The van der Waals surface area contributed by atoms with Gasteiger partial charge in [0, 0.05) is 19.6 Å². The standard InChI is InChI=1S/C16H27BrN2O2/c1-5-19(6-2)9-8-18-12-13-10-14(17)16(20-4)15(11-13)21-7-3/h10-11,18H,5-9,12H2,1-4H3. The summed E-state index contributed by atoms with van der Waals surface area (Å²) in [4.78, 5) is 2.41. The maximum absolute atomic E-state index is 5.64. The van der Waals surface area contributed by atoms with Crippen LogP contribution in [-0.4, -0.2) is 44.8 Å². The fourth-order valence-electron chi connectivity index (χ4n) is 2.19. The maximum Gasteiger partial charge on any atom is 0.174 e. The van der Waals surface area contributed by atoms with E-state index in [1.807, 2.05) is 13.0 Å². The van der Waals surface area contributed by atoms with E-state index in [2.05, 4.69) is 46.1 Å². The third-order valence-electron chi connectivity index (χ3n) is 3.40. The van der Waals surface area contributed by atoms with Crippen molar-refractivity contribution < 1.29 is 9.47 Å². The van der Waals surface area contributed by atoms with Gasteiger partial charge in [-0.2, -0.15) is 0 Å². The van der Waals surface area contributed by atoms with Crippen LogP contribution in [0.15, 0.2) is 16.6 Å². The van der Waals surface area contributed by atoms with Gasteiger partial charge in [0.1, 0.15) is 0 Å². The highest BCUT2D eigenvalue weighted by atomic mass is 79.9. The van der Waals surface area contributed by atoms with Gasteiger partial charge < -0.3 is 19.7 Å². The van der Waals surface area contributed by atoms with Crippen LogP contribution in [0.3, 0.4) is 0 Å². The predicted octanol–water partition coefficient (Wildman–Crippen LogP) is 3.29. The van der Waals surface area contributed by atoms with Gasteiger partial charge in [0.15, 0.2) is 11.5 Å². The number of benzene rings is 1. The van der Waals surface area contributed by atoms with E-state index in [-0.39, 0.29) is 0 Å². The molecule has 0 spiro atoms. The zero-order chi connectivity index (χ0) is 15.7. The summed E-state index contributed by atoms with van der Waals surface area (Å²) >= 11 is 3.54. The molecule has 120 valence electrons. The number of nitrogens with one attached hydrogen (secondary N) is 1. The first-order valence-corrected chi connectivity index (χ1v) is 8.37. The zero-order valence-electron chi connectivity index (χ0n) is 13.5. The summed E-state index contributed by atoms with van der Waals surface area (Å²) in [6, 6.07) is 4.11. The number of halogens is 1. The van der Waals surface area contributed by atoms with Gasteiger partial charge in [0.25, 0.3) is 0 Å². The van der Waals surface area contributed by atoms with Gasteiger partial charge in [-0.3, -0.25) is 0 Å². The van der Waals surface area contributed by atoms with E-state index >= 15 is 0 Å². The lowest BCUT2D eigenvalue weighted by Gasteiger charge is -2.18. The lowest BCUT2D eigenvalue weighted by atomic mass is 10.2. The molecule has 0 bridgehead atoms. The van der Waals surface area contributed by atoms with Gasteiger partial charge in [-0.1, -0.05) is 13.8 Å².